The first-order chi connectivity index (χ1) is 8.10. The first-order valence-electron chi connectivity index (χ1n) is 5.40. The van der Waals surface area contributed by atoms with E-state index in [1.807, 2.05) is 0 Å². The lowest BCUT2D eigenvalue weighted by Crippen LogP contribution is -2.32. The lowest BCUT2D eigenvalue weighted by atomic mass is 10.1. The van der Waals surface area contributed by atoms with Crippen LogP contribution in [0.25, 0.3) is 0 Å². The topological polar surface area (TPSA) is 38.3 Å². The second-order valence-electron chi connectivity index (χ2n) is 4.14. The molecule has 0 bridgehead atoms. The van der Waals surface area contributed by atoms with Crippen molar-refractivity contribution >= 4 is 23.3 Å². The number of methoxy groups -OCH3 is 1. The zero-order chi connectivity index (χ0) is 12.4. The van der Waals surface area contributed by atoms with Crippen LogP contribution in [0.4, 0.5) is 10.1 Å². The third kappa shape index (κ3) is 3.09. The Labute approximate surface area is 104 Å². The molecule has 1 aromatic carbocycles. The molecule has 0 spiro atoms. The van der Waals surface area contributed by atoms with Gasteiger partial charge in [-0.2, -0.15) is 0 Å². The molecule has 0 radical (unpaired) electrons. The lowest BCUT2D eigenvalue weighted by Gasteiger charge is -2.17. The number of carbonyl (C=O) groups excluding carboxylic acids is 1. The second kappa shape index (κ2) is 4.92. The van der Waals surface area contributed by atoms with Crippen LogP contribution in [-0.4, -0.2) is 19.1 Å². The van der Waals surface area contributed by atoms with Crippen LogP contribution in [0.15, 0.2) is 18.2 Å². The number of rotatable bonds is 4. The van der Waals surface area contributed by atoms with Crippen molar-refractivity contribution in [3.8, 4) is 0 Å². The summed E-state index contributed by atoms with van der Waals surface area (Å²) in [6, 6.07) is 3.70. The number of halogens is 2. The number of nitrogens with one attached hydrogen (secondary N) is 1. The third-order valence-corrected chi connectivity index (χ3v) is 2.95. The van der Waals surface area contributed by atoms with Gasteiger partial charge in [-0.15, -0.1) is 0 Å². The average molecular weight is 258 g/mol. The van der Waals surface area contributed by atoms with E-state index in [2.05, 4.69) is 5.32 Å². The van der Waals surface area contributed by atoms with Crippen LogP contribution >= 0.6 is 11.6 Å². The quantitative estimate of drug-likeness (QED) is 0.843. The number of anilines is 1. The summed E-state index contributed by atoms with van der Waals surface area (Å²) in [6.07, 6.45) is 1.96. The van der Waals surface area contributed by atoms with Crippen molar-refractivity contribution in [3.05, 3.63) is 29.0 Å². The second-order valence-corrected chi connectivity index (χ2v) is 4.58. The highest BCUT2D eigenvalue weighted by Gasteiger charge is 2.37. The van der Waals surface area contributed by atoms with E-state index in [1.165, 1.54) is 19.2 Å². The van der Waals surface area contributed by atoms with Gasteiger partial charge in [0.15, 0.2) is 0 Å². The fraction of sp³-hybridized carbons (Fsp3) is 0.417. The maximum Gasteiger partial charge on any atom is 0.328 e. The largest absolute Gasteiger partial charge is 0.467 e. The molecule has 0 aromatic heterocycles. The molecule has 1 atom stereocenters. The summed E-state index contributed by atoms with van der Waals surface area (Å²) < 4.78 is 17.9. The summed E-state index contributed by atoms with van der Waals surface area (Å²) in [5.74, 6) is -0.489. The van der Waals surface area contributed by atoms with Gasteiger partial charge in [-0.3, -0.25) is 0 Å². The molecule has 1 aliphatic rings. The minimum Gasteiger partial charge on any atom is -0.467 e. The summed E-state index contributed by atoms with van der Waals surface area (Å²) in [5.41, 5.74) is 0.498. The van der Waals surface area contributed by atoms with Gasteiger partial charge in [-0.1, -0.05) is 11.6 Å². The molecule has 5 heteroatoms. The molecule has 1 aromatic rings. The molecule has 3 nitrogen and oxygen atoms in total. The van der Waals surface area contributed by atoms with Crippen LogP contribution in [0, 0.1) is 11.7 Å². The molecule has 0 heterocycles. The fourth-order valence-electron chi connectivity index (χ4n) is 1.74. The fourth-order valence-corrected chi connectivity index (χ4v) is 1.96. The zero-order valence-electron chi connectivity index (χ0n) is 9.37. The first kappa shape index (κ1) is 12.2. The van der Waals surface area contributed by atoms with Crippen molar-refractivity contribution in [2.75, 3.05) is 12.4 Å². The highest BCUT2D eigenvalue weighted by atomic mass is 35.5. The first-order valence-corrected chi connectivity index (χ1v) is 5.78. The minimum absolute atomic E-state index is 0.268. The van der Waals surface area contributed by atoms with Crippen LogP contribution in [-0.2, 0) is 9.53 Å². The van der Waals surface area contributed by atoms with Crippen LogP contribution in [0.2, 0.25) is 5.02 Å². The normalized spacial score (nSPS) is 16.4. The standard InChI is InChI=1S/C12H13ClFNO2/c1-17-12(16)11(7-2-3-7)15-10-5-8(13)4-9(14)6-10/h4-7,11,15H,2-3H2,1H3. The number of benzene rings is 1. The van der Waals surface area contributed by atoms with Crippen molar-refractivity contribution in [1.29, 1.82) is 0 Å². The SMILES string of the molecule is COC(=O)C(Nc1cc(F)cc(Cl)c1)C1CC1. The van der Waals surface area contributed by atoms with E-state index in [1.54, 1.807) is 6.07 Å². The van der Waals surface area contributed by atoms with Gasteiger partial charge >= 0.3 is 5.97 Å². The van der Waals surface area contributed by atoms with E-state index >= 15 is 0 Å². The smallest absolute Gasteiger partial charge is 0.328 e. The number of ether oxygens (including phenoxy) is 1. The Balaban J connectivity index is 2.14. The molecular formula is C12H13ClFNO2. The molecule has 1 saturated carbocycles. The predicted octanol–water partition coefficient (Wildman–Crippen LogP) is 2.84. The van der Waals surface area contributed by atoms with E-state index in [0.29, 0.717) is 10.7 Å². The summed E-state index contributed by atoms with van der Waals surface area (Å²) in [7, 11) is 1.35. The molecule has 0 aliphatic heterocycles. The number of esters is 1. The molecule has 0 saturated heterocycles. The zero-order valence-corrected chi connectivity index (χ0v) is 10.1. The highest BCUT2D eigenvalue weighted by molar-refractivity contribution is 6.30. The van der Waals surface area contributed by atoms with Crippen molar-refractivity contribution in [2.45, 2.75) is 18.9 Å². The van der Waals surface area contributed by atoms with E-state index in [9.17, 15) is 9.18 Å². The van der Waals surface area contributed by atoms with Gasteiger partial charge in [0.25, 0.3) is 0 Å². The van der Waals surface area contributed by atoms with Gasteiger partial charge < -0.3 is 10.1 Å². The number of carbonyl (C=O) groups is 1. The van der Waals surface area contributed by atoms with Gasteiger partial charge in [0.2, 0.25) is 0 Å². The molecule has 1 fully saturated rings. The van der Waals surface area contributed by atoms with Gasteiger partial charge in [0.1, 0.15) is 11.9 Å². The summed E-state index contributed by atoms with van der Waals surface area (Å²) in [6.45, 7) is 0. The molecule has 1 aliphatic carbocycles. The Morgan fingerprint density at radius 2 is 2.24 bits per heavy atom. The molecule has 1 N–H and O–H groups in total. The van der Waals surface area contributed by atoms with Crippen LogP contribution < -0.4 is 5.32 Å². The molecule has 92 valence electrons. The van der Waals surface area contributed by atoms with Crippen molar-refractivity contribution in [2.24, 2.45) is 5.92 Å². The van der Waals surface area contributed by atoms with Crippen LogP contribution in [0.1, 0.15) is 12.8 Å². The molecule has 17 heavy (non-hydrogen) atoms. The Hall–Kier alpha value is -1.29. The van der Waals surface area contributed by atoms with E-state index in [0.717, 1.165) is 12.8 Å². The molecule has 1 unspecified atom stereocenters. The van der Waals surface area contributed by atoms with Gasteiger partial charge in [-0.05, 0) is 37.0 Å². The molecule has 0 amide bonds. The van der Waals surface area contributed by atoms with Crippen molar-refractivity contribution in [1.82, 2.24) is 0 Å². The monoisotopic (exact) mass is 257 g/mol. The maximum absolute atomic E-state index is 13.1. The van der Waals surface area contributed by atoms with Crippen molar-refractivity contribution < 1.29 is 13.9 Å². The lowest BCUT2D eigenvalue weighted by molar-refractivity contribution is -0.142. The van der Waals surface area contributed by atoms with E-state index < -0.39 is 11.9 Å². The van der Waals surface area contributed by atoms with Crippen molar-refractivity contribution in [3.63, 3.8) is 0 Å². The summed E-state index contributed by atoms with van der Waals surface area (Å²) in [5, 5.41) is 3.27. The summed E-state index contributed by atoms with van der Waals surface area (Å²) in [4.78, 5) is 11.6. The highest BCUT2D eigenvalue weighted by Crippen LogP contribution is 2.35. The van der Waals surface area contributed by atoms with Gasteiger partial charge in [-0.25, -0.2) is 9.18 Å². The number of hydrogen-bond acceptors (Lipinski definition) is 3. The van der Waals surface area contributed by atoms with Gasteiger partial charge in [0.05, 0.1) is 7.11 Å². The van der Waals surface area contributed by atoms with Crippen LogP contribution in [0.3, 0.4) is 0 Å². The van der Waals surface area contributed by atoms with Gasteiger partial charge in [0, 0.05) is 10.7 Å². The minimum atomic E-state index is -0.431. The third-order valence-electron chi connectivity index (χ3n) is 2.73. The molecule has 2 rings (SSSR count). The average Bonchev–Trinajstić information content (AvgIpc) is 3.07. The van der Waals surface area contributed by atoms with E-state index in [-0.39, 0.29) is 11.9 Å². The Kier molecular flexibility index (Phi) is 3.52. The predicted molar refractivity (Wildman–Crippen MR) is 63.6 cm³/mol. The Morgan fingerprint density at radius 1 is 1.53 bits per heavy atom. The number of hydrogen-bond donors (Lipinski definition) is 1. The molecular weight excluding hydrogens is 245 g/mol. The van der Waals surface area contributed by atoms with Crippen LogP contribution in [0.5, 0.6) is 0 Å². The Morgan fingerprint density at radius 3 is 2.76 bits per heavy atom. The maximum atomic E-state index is 13.1. The summed E-state index contributed by atoms with van der Waals surface area (Å²) >= 11 is 5.75. The Bertz CT molecular complexity index is 414. The van der Waals surface area contributed by atoms with E-state index in [4.69, 9.17) is 16.3 Å².